The summed E-state index contributed by atoms with van der Waals surface area (Å²) in [7, 11) is 3.15. The molecule has 0 bridgehead atoms. The lowest BCUT2D eigenvalue weighted by Crippen LogP contribution is -2.50. The molecule has 3 rings (SSSR count). The van der Waals surface area contributed by atoms with Crippen molar-refractivity contribution in [2.45, 2.75) is 25.8 Å². The monoisotopic (exact) mass is 500 g/mol. The Morgan fingerprint density at radius 3 is 2.46 bits per heavy atom. The summed E-state index contributed by atoms with van der Waals surface area (Å²) in [5, 5.41) is 3.19. The third-order valence-electron chi connectivity index (χ3n) is 5.42. The van der Waals surface area contributed by atoms with Gasteiger partial charge in [-0.3, -0.25) is 14.6 Å². The van der Waals surface area contributed by atoms with Crippen molar-refractivity contribution < 1.29 is 14.3 Å². The van der Waals surface area contributed by atoms with Crippen LogP contribution in [0.3, 0.4) is 0 Å². The molecular formula is C20H29IN4O3. The van der Waals surface area contributed by atoms with Gasteiger partial charge in [-0.2, -0.15) is 0 Å². The van der Waals surface area contributed by atoms with Crippen LogP contribution < -0.4 is 5.32 Å². The van der Waals surface area contributed by atoms with Gasteiger partial charge in [0.15, 0.2) is 5.96 Å². The molecule has 2 heterocycles. The average molecular weight is 500 g/mol. The molecule has 0 aromatic heterocycles. The summed E-state index contributed by atoms with van der Waals surface area (Å²) in [6.45, 7) is 3.10. The molecular weight excluding hydrogens is 471 g/mol. The van der Waals surface area contributed by atoms with E-state index in [0.29, 0.717) is 12.5 Å². The number of halogens is 1. The van der Waals surface area contributed by atoms with Gasteiger partial charge in [-0.15, -0.1) is 24.0 Å². The molecule has 1 aromatic carbocycles. The predicted molar refractivity (Wildman–Crippen MR) is 119 cm³/mol. The van der Waals surface area contributed by atoms with Gasteiger partial charge in [-0.25, -0.2) is 0 Å². The van der Waals surface area contributed by atoms with Crippen molar-refractivity contribution in [2.75, 3.05) is 40.3 Å². The quantitative estimate of drug-likeness (QED) is 0.296. The van der Waals surface area contributed by atoms with Gasteiger partial charge < -0.3 is 19.9 Å². The number of likely N-dealkylation sites (tertiary alicyclic amines) is 1. The van der Waals surface area contributed by atoms with E-state index < -0.39 is 0 Å². The van der Waals surface area contributed by atoms with E-state index in [1.165, 1.54) is 18.2 Å². The number of esters is 1. The summed E-state index contributed by atoms with van der Waals surface area (Å²) in [5.41, 5.74) is 2.56. The Kier molecular flexibility index (Phi) is 8.53. The first-order chi connectivity index (χ1) is 13.1. The molecule has 0 spiro atoms. The van der Waals surface area contributed by atoms with E-state index in [4.69, 9.17) is 4.74 Å². The minimum atomic E-state index is -0.141. The molecule has 0 radical (unpaired) electrons. The van der Waals surface area contributed by atoms with Crippen molar-refractivity contribution >= 4 is 41.8 Å². The van der Waals surface area contributed by atoms with Crippen LogP contribution in [0, 0.1) is 5.92 Å². The zero-order chi connectivity index (χ0) is 19.2. The zero-order valence-electron chi connectivity index (χ0n) is 16.5. The number of fused-ring (bicyclic) bond motifs is 1. The van der Waals surface area contributed by atoms with Crippen molar-refractivity contribution in [2.24, 2.45) is 10.9 Å². The van der Waals surface area contributed by atoms with Crippen molar-refractivity contribution in [3.05, 3.63) is 35.4 Å². The number of methoxy groups -OCH3 is 1. The standard InChI is InChI=1S/C20H28N4O3.HI/c1-21-20(23-10-8-16(9-11-23)19(26)27-2)22-13-18(25)24-12-7-15-5-3-4-6-17(15)14-24;/h3-6,16H,7-14H2,1-2H3,(H,21,22);1H. The number of aliphatic imine (C=N–C) groups is 1. The molecule has 0 unspecified atom stereocenters. The van der Waals surface area contributed by atoms with Crippen molar-refractivity contribution in [3.63, 3.8) is 0 Å². The predicted octanol–water partition coefficient (Wildman–Crippen LogP) is 1.65. The highest BCUT2D eigenvalue weighted by Gasteiger charge is 2.27. The molecule has 1 fully saturated rings. The fraction of sp³-hybridized carbons (Fsp3) is 0.550. The highest BCUT2D eigenvalue weighted by Crippen LogP contribution is 2.19. The fourth-order valence-electron chi connectivity index (χ4n) is 3.80. The zero-order valence-corrected chi connectivity index (χ0v) is 18.8. The molecule has 2 aliphatic rings. The third kappa shape index (κ3) is 5.36. The van der Waals surface area contributed by atoms with E-state index in [0.717, 1.165) is 38.9 Å². The molecule has 2 aliphatic heterocycles. The number of guanidine groups is 1. The van der Waals surface area contributed by atoms with E-state index in [9.17, 15) is 9.59 Å². The Bertz CT molecular complexity index is 717. The summed E-state index contributed by atoms with van der Waals surface area (Å²) in [6, 6.07) is 8.29. The summed E-state index contributed by atoms with van der Waals surface area (Å²) in [5.74, 6) is 0.608. The van der Waals surface area contributed by atoms with Crippen molar-refractivity contribution in [3.8, 4) is 0 Å². The molecule has 28 heavy (non-hydrogen) atoms. The van der Waals surface area contributed by atoms with Gasteiger partial charge in [0.05, 0.1) is 19.6 Å². The SMILES string of the molecule is CN=C(NCC(=O)N1CCc2ccccc2C1)N1CCC(C(=O)OC)CC1.I. The number of carbonyl (C=O) groups is 2. The van der Waals surface area contributed by atoms with E-state index in [2.05, 4.69) is 27.3 Å². The van der Waals surface area contributed by atoms with Crippen LogP contribution in [0.25, 0.3) is 0 Å². The third-order valence-corrected chi connectivity index (χ3v) is 5.42. The van der Waals surface area contributed by atoms with E-state index in [1.807, 2.05) is 17.0 Å². The summed E-state index contributed by atoms with van der Waals surface area (Å²) < 4.78 is 4.83. The second kappa shape index (κ2) is 10.6. The normalized spacial score (nSPS) is 17.4. The average Bonchev–Trinajstić information content (AvgIpc) is 2.73. The van der Waals surface area contributed by atoms with Crippen LogP contribution in [-0.4, -0.2) is 68.0 Å². The van der Waals surface area contributed by atoms with Crippen LogP contribution in [0.15, 0.2) is 29.3 Å². The second-order valence-electron chi connectivity index (χ2n) is 7.02. The van der Waals surface area contributed by atoms with Crippen LogP contribution in [0.2, 0.25) is 0 Å². The molecule has 1 aromatic rings. The van der Waals surface area contributed by atoms with Gasteiger partial charge in [0, 0.05) is 33.2 Å². The number of piperidine rings is 1. The molecule has 0 saturated carbocycles. The number of benzene rings is 1. The van der Waals surface area contributed by atoms with Gasteiger partial charge in [0.1, 0.15) is 0 Å². The highest BCUT2D eigenvalue weighted by atomic mass is 127. The number of nitrogens with one attached hydrogen (secondary N) is 1. The topological polar surface area (TPSA) is 74.2 Å². The summed E-state index contributed by atoms with van der Waals surface area (Å²) >= 11 is 0. The van der Waals surface area contributed by atoms with Gasteiger partial charge in [-0.1, -0.05) is 24.3 Å². The van der Waals surface area contributed by atoms with Crippen molar-refractivity contribution in [1.82, 2.24) is 15.1 Å². The first-order valence-electron chi connectivity index (χ1n) is 9.50. The Morgan fingerprint density at radius 2 is 1.82 bits per heavy atom. The Morgan fingerprint density at radius 1 is 1.14 bits per heavy atom. The second-order valence-corrected chi connectivity index (χ2v) is 7.02. The lowest BCUT2D eigenvalue weighted by molar-refractivity contribution is -0.146. The van der Waals surface area contributed by atoms with Crippen LogP contribution in [0.5, 0.6) is 0 Å². The minimum Gasteiger partial charge on any atom is -0.469 e. The largest absolute Gasteiger partial charge is 0.469 e. The number of rotatable bonds is 3. The first kappa shape index (κ1) is 22.4. The molecule has 154 valence electrons. The van der Waals surface area contributed by atoms with E-state index >= 15 is 0 Å². The van der Waals surface area contributed by atoms with E-state index in [-0.39, 0.29) is 48.3 Å². The maximum atomic E-state index is 12.6. The van der Waals surface area contributed by atoms with Crippen LogP contribution in [-0.2, 0) is 27.3 Å². The molecule has 0 aliphatic carbocycles. The van der Waals surface area contributed by atoms with E-state index in [1.54, 1.807) is 7.05 Å². The van der Waals surface area contributed by atoms with Crippen LogP contribution in [0.4, 0.5) is 0 Å². The molecule has 0 atom stereocenters. The van der Waals surface area contributed by atoms with Gasteiger partial charge in [-0.05, 0) is 30.4 Å². The summed E-state index contributed by atoms with van der Waals surface area (Å²) in [4.78, 5) is 32.6. The smallest absolute Gasteiger partial charge is 0.308 e. The van der Waals surface area contributed by atoms with Crippen LogP contribution >= 0.6 is 24.0 Å². The number of hydrogen-bond acceptors (Lipinski definition) is 4. The van der Waals surface area contributed by atoms with Gasteiger partial charge in [0.2, 0.25) is 5.91 Å². The van der Waals surface area contributed by atoms with Gasteiger partial charge >= 0.3 is 5.97 Å². The Balaban J connectivity index is 0.00000280. The van der Waals surface area contributed by atoms with Crippen molar-refractivity contribution in [1.29, 1.82) is 0 Å². The number of carbonyl (C=O) groups excluding carboxylic acids is 2. The minimum absolute atomic E-state index is 0. The molecule has 8 heteroatoms. The Labute approximate surface area is 183 Å². The maximum absolute atomic E-state index is 12.6. The molecule has 1 saturated heterocycles. The number of nitrogens with zero attached hydrogens (tertiary/aromatic N) is 3. The Hall–Kier alpha value is -1.84. The number of ether oxygens (including phenoxy) is 1. The molecule has 7 nitrogen and oxygen atoms in total. The molecule has 1 N–H and O–H groups in total. The van der Waals surface area contributed by atoms with Gasteiger partial charge in [0.25, 0.3) is 0 Å². The lowest BCUT2D eigenvalue weighted by Gasteiger charge is -2.34. The molecule has 1 amide bonds. The van der Waals surface area contributed by atoms with Crippen LogP contribution in [0.1, 0.15) is 24.0 Å². The number of amides is 1. The first-order valence-corrected chi connectivity index (χ1v) is 9.50. The summed E-state index contributed by atoms with van der Waals surface area (Å²) in [6.07, 6.45) is 2.38. The lowest BCUT2D eigenvalue weighted by atomic mass is 9.97. The number of hydrogen-bond donors (Lipinski definition) is 1. The fourth-order valence-corrected chi connectivity index (χ4v) is 3.80. The maximum Gasteiger partial charge on any atom is 0.308 e. The highest BCUT2D eigenvalue weighted by molar-refractivity contribution is 14.0.